The number of nitrogens with one attached hydrogen (secondary N) is 3. The van der Waals surface area contributed by atoms with Crippen molar-refractivity contribution < 1.29 is 28.3 Å². The highest BCUT2D eigenvalue weighted by atomic mass is 19.1. The highest BCUT2D eigenvalue weighted by Gasteiger charge is 2.57. The van der Waals surface area contributed by atoms with E-state index in [-0.39, 0.29) is 4.90 Å². The summed E-state index contributed by atoms with van der Waals surface area (Å²) in [7, 11) is 0. The van der Waals surface area contributed by atoms with E-state index in [4.69, 9.17) is 0 Å². The Hall–Kier alpha value is -2.49. The van der Waals surface area contributed by atoms with E-state index in [0.717, 1.165) is 0 Å². The summed E-state index contributed by atoms with van der Waals surface area (Å²) in [5.41, 5.74) is -0.417. The van der Waals surface area contributed by atoms with Crippen molar-refractivity contribution in [1.82, 2.24) is 20.9 Å². The second-order valence-corrected chi connectivity index (χ2v) is 3.76. The monoisotopic (exact) mass is 274 g/mol. The summed E-state index contributed by atoms with van der Waals surface area (Å²) in [6.07, 6.45) is -1.99. The van der Waals surface area contributed by atoms with Crippen LogP contribution in [0.4, 0.5) is 18.4 Å². The van der Waals surface area contributed by atoms with Crippen molar-refractivity contribution >= 4 is 18.0 Å². The standard InChI is InChI=1S/C9H8F2N4O4/c1-3-4(10)2-15(8(19)12-3)9(11)5(16)13-7(18)14-6(9)17/h2,5,16H,1H2,(H,12,19)(H2,13,14,17,18). The van der Waals surface area contributed by atoms with Gasteiger partial charge in [0.15, 0.2) is 12.1 Å². The third-order valence-corrected chi connectivity index (χ3v) is 2.53. The van der Waals surface area contributed by atoms with Crippen LogP contribution in [-0.4, -0.2) is 40.0 Å². The fourth-order valence-electron chi connectivity index (χ4n) is 1.55. The summed E-state index contributed by atoms with van der Waals surface area (Å²) >= 11 is 0. The van der Waals surface area contributed by atoms with Crippen molar-refractivity contribution in [2.45, 2.75) is 12.0 Å². The minimum atomic E-state index is -3.38. The molecule has 2 aliphatic rings. The smallest absolute Gasteiger partial charge is 0.329 e. The van der Waals surface area contributed by atoms with E-state index in [1.807, 2.05) is 5.32 Å². The molecule has 0 aromatic heterocycles. The second kappa shape index (κ2) is 4.02. The number of aliphatic hydroxyl groups is 1. The first-order valence-corrected chi connectivity index (χ1v) is 4.92. The number of aliphatic hydroxyl groups excluding tert-OH is 1. The maximum atomic E-state index is 14.5. The van der Waals surface area contributed by atoms with Crippen LogP contribution in [0, 0.1) is 0 Å². The van der Waals surface area contributed by atoms with Gasteiger partial charge in [0.2, 0.25) is 0 Å². The van der Waals surface area contributed by atoms with Gasteiger partial charge < -0.3 is 15.7 Å². The Bertz CT molecular complexity index is 534. The average Bonchev–Trinajstić information content (AvgIpc) is 2.30. The molecule has 0 saturated carbocycles. The number of halogens is 2. The Morgan fingerprint density at radius 2 is 2.00 bits per heavy atom. The number of carbonyl (C=O) groups excluding carboxylic acids is 3. The average molecular weight is 274 g/mol. The molecule has 2 atom stereocenters. The number of hydrogen-bond donors (Lipinski definition) is 4. The zero-order valence-electron chi connectivity index (χ0n) is 9.24. The lowest BCUT2D eigenvalue weighted by Gasteiger charge is -2.40. The largest absolute Gasteiger partial charge is 0.368 e. The maximum Gasteiger partial charge on any atom is 0.329 e. The molecular formula is C9H8F2N4O4. The van der Waals surface area contributed by atoms with Gasteiger partial charge in [0, 0.05) is 0 Å². The van der Waals surface area contributed by atoms with Crippen LogP contribution in [0.5, 0.6) is 0 Å². The number of amides is 5. The fourth-order valence-corrected chi connectivity index (χ4v) is 1.55. The molecule has 10 heteroatoms. The van der Waals surface area contributed by atoms with Crippen LogP contribution in [0.25, 0.3) is 0 Å². The van der Waals surface area contributed by atoms with E-state index in [2.05, 4.69) is 6.58 Å². The van der Waals surface area contributed by atoms with Crippen LogP contribution in [0.15, 0.2) is 24.3 Å². The molecule has 0 bridgehead atoms. The highest BCUT2D eigenvalue weighted by Crippen LogP contribution is 2.28. The molecule has 2 heterocycles. The van der Waals surface area contributed by atoms with E-state index >= 15 is 0 Å². The van der Waals surface area contributed by atoms with Gasteiger partial charge in [-0.05, 0) is 0 Å². The number of allylic oxidation sites excluding steroid dienone is 1. The number of hydrogen-bond acceptors (Lipinski definition) is 4. The van der Waals surface area contributed by atoms with E-state index in [1.165, 1.54) is 5.32 Å². The molecule has 1 saturated heterocycles. The van der Waals surface area contributed by atoms with E-state index in [9.17, 15) is 28.3 Å². The molecule has 4 N–H and O–H groups in total. The molecule has 1 fully saturated rings. The van der Waals surface area contributed by atoms with Crippen LogP contribution >= 0.6 is 0 Å². The highest BCUT2D eigenvalue weighted by molar-refractivity contribution is 6.03. The third kappa shape index (κ3) is 1.81. The molecule has 0 radical (unpaired) electrons. The Balaban J connectivity index is 2.44. The van der Waals surface area contributed by atoms with Crippen molar-refractivity contribution in [3.05, 3.63) is 24.3 Å². The summed E-state index contributed by atoms with van der Waals surface area (Å²) in [5, 5.41) is 14.5. The van der Waals surface area contributed by atoms with E-state index < -0.39 is 41.5 Å². The SMILES string of the molecule is C=C1NC(=O)N(C2(F)C(=O)NC(=O)NC2O)C=C1F. The molecule has 0 aromatic carbocycles. The summed E-state index contributed by atoms with van der Waals surface area (Å²) in [6, 6.07) is -2.36. The fraction of sp³-hybridized carbons (Fsp3) is 0.222. The maximum absolute atomic E-state index is 14.5. The number of carbonyl (C=O) groups is 3. The van der Waals surface area contributed by atoms with Gasteiger partial charge in [-0.25, -0.2) is 18.4 Å². The minimum absolute atomic E-state index is 0.00352. The third-order valence-electron chi connectivity index (χ3n) is 2.53. The quantitative estimate of drug-likeness (QED) is 0.467. The zero-order valence-corrected chi connectivity index (χ0v) is 9.24. The first kappa shape index (κ1) is 13.0. The predicted molar refractivity (Wildman–Crippen MR) is 55.2 cm³/mol. The number of alkyl halides is 1. The molecule has 8 nitrogen and oxygen atoms in total. The number of urea groups is 2. The van der Waals surface area contributed by atoms with Crippen LogP contribution < -0.4 is 16.0 Å². The predicted octanol–water partition coefficient (Wildman–Crippen LogP) is -0.840. The van der Waals surface area contributed by atoms with Crippen molar-refractivity contribution in [1.29, 1.82) is 0 Å². The van der Waals surface area contributed by atoms with Gasteiger partial charge in [0.25, 0.3) is 5.91 Å². The molecule has 2 aliphatic heterocycles. The van der Waals surface area contributed by atoms with Gasteiger partial charge in [-0.3, -0.25) is 15.0 Å². The zero-order chi connectivity index (χ0) is 14.4. The van der Waals surface area contributed by atoms with E-state index in [0.29, 0.717) is 6.20 Å². The normalized spacial score (nSPS) is 31.4. The summed E-state index contributed by atoms with van der Waals surface area (Å²) in [4.78, 5) is 33.8. The summed E-state index contributed by atoms with van der Waals surface area (Å²) < 4.78 is 27.8. The first-order chi connectivity index (χ1) is 8.76. The van der Waals surface area contributed by atoms with E-state index in [1.54, 1.807) is 5.32 Å². The molecule has 2 rings (SSSR count). The van der Waals surface area contributed by atoms with Crippen LogP contribution in [0.2, 0.25) is 0 Å². The van der Waals surface area contributed by atoms with Crippen molar-refractivity contribution in [3.63, 3.8) is 0 Å². The van der Waals surface area contributed by atoms with Crippen LogP contribution in [0.3, 0.4) is 0 Å². The molecule has 5 amide bonds. The van der Waals surface area contributed by atoms with Crippen molar-refractivity contribution in [2.24, 2.45) is 0 Å². The lowest BCUT2D eigenvalue weighted by Crippen LogP contribution is -2.74. The first-order valence-electron chi connectivity index (χ1n) is 4.92. The molecule has 0 aromatic rings. The number of imide groups is 1. The molecular weight excluding hydrogens is 266 g/mol. The minimum Gasteiger partial charge on any atom is -0.368 e. The summed E-state index contributed by atoms with van der Waals surface area (Å²) in [6.45, 7) is 3.14. The molecule has 102 valence electrons. The molecule has 0 aliphatic carbocycles. The van der Waals surface area contributed by atoms with Gasteiger partial charge in [-0.1, -0.05) is 6.58 Å². The van der Waals surface area contributed by atoms with Gasteiger partial charge in [-0.15, -0.1) is 0 Å². The Kier molecular flexibility index (Phi) is 2.74. The van der Waals surface area contributed by atoms with Gasteiger partial charge in [0.1, 0.15) is 0 Å². The summed E-state index contributed by atoms with van der Waals surface area (Å²) in [5.74, 6) is -6.08. The van der Waals surface area contributed by atoms with Gasteiger partial charge >= 0.3 is 17.9 Å². The van der Waals surface area contributed by atoms with Crippen molar-refractivity contribution in [3.8, 4) is 0 Å². The Morgan fingerprint density at radius 1 is 1.37 bits per heavy atom. The number of nitrogens with zero attached hydrogens (tertiary/aromatic N) is 1. The molecule has 0 spiro atoms. The molecule has 2 unspecified atom stereocenters. The second-order valence-electron chi connectivity index (χ2n) is 3.76. The number of rotatable bonds is 1. The van der Waals surface area contributed by atoms with Gasteiger partial charge in [-0.2, -0.15) is 0 Å². The molecule has 19 heavy (non-hydrogen) atoms. The lowest BCUT2D eigenvalue weighted by molar-refractivity contribution is -0.160. The Labute approximate surface area is 104 Å². The Morgan fingerprint density at radius 3 is 2.58 bits per heavy atom. The topological polar surface area (TPSA) is 111 Å². The lowest BCUT2D eigenvalue weighted by atomic mass is 10.1. The van der Waals surface area contributed by atoms with Gasteiger partial charge in [0.05, 0.1) is 11.9 Å². The van der Waals surface area contributed by atoms with Crippen molar-refractivity contribution in [2.75, 3.05) is 0 Å². The van der Waals surface area contributed by atoms with Crippen LogP contribution in [-0.2, 0) is 4.79 Å². The van der Waals surface area contributed by atoms with Crippen LogP contribution in [0.1, 0.15) is 0 Å².